The molecule has 3 aromatic heterocycles. The molecule has 0 atom stereocenters. The van der Waals surface area contributed by atoms with Crippen LogP contribution in [-0.2, 0) is 4.74 Å². The third-order valence-electron chi connectivity index (χ3n) is 4.48. The van der Waals surface area contributed by atoms with Crippen LogP contribution in [0.15, 0.2) is 24.7 Å². The molecule has 9 heteroatoms. The number of nitrogens with zero attached hydrogens (tertiary/aromatic N) is 5. The highest BCUT2D eigenvalue weighted by molar-refractivity contribution is 5.95. The van der Waals surface area contributed by atoms with E-state index >= 15 is 0 Å². The van der Waals surface area contributed by atoms with Crippen molar-refractivity contribution < 1.29 is 14.3 Å². The number of rotatable bonds is 1. The van der Waals surface area contributed by atoms with Crippen LogP contribution in [0.1, 0.15) is 31.3 Å². The summed E-state index contributed by atoms with van der Waals surface area (Å²) in [5.74, 6) is -0.111. The molecular weight excluding hydrogens is 348 g/mol. The first kappa shape index (κ1) is 17.3. The number of aromatic nitrogens is 4. The number of nitrogens with one attached hydrogen (secondary N) is 1. The van der Waals surface area contributed by atoms with Crippen LogP contribution in [-0.4, -0.2) is 72.9 Å². The molecule has 142 valence electrons. The number of piperazine rings is 1. The number of imidazole rings is 1. The van der Waals surface area contributed by atoms with Gasteiger partial charge in [0.15, 0.2) is 11.3 Å². The van der Waals surface area contributed by atoms with Crippen molar-refractivity contribution in [3.8, 4) is 0 Å². The number of fused-ring (bicyclic) bond motifs is 3. The van der Waals surface area contributed by atoms with E-state index in [4.69, 9.17) is 4.74 Å². The Labute approximate surface area is 155 Å². The molecule has 1 N–H and O–H groups in total. The zero-order chi connectivity index (χ0) is 19.2. The molecular formula is C18H22N6O3. The third kappa shape index (κ3) is 3.20. The van der Waals surface area contributed by atoms with Crippen LogP contribution < -0.4 is 0 Å². The SMILES string of the molecule is CC(C)(C)OC(=O)N1CCN(C(=O)c2cnc3cnc4[nH]ccc4n23)CC1. The Kier molecular flexibility index (Phi) is 4.01. The van der Waals surface area contributed by atoms with Crippen LogP contribution in [0.4, 0.5) is 4.79 Å². The summed E-state index contributed by atoms with van der Waals surface area (Å²) >= 11 is 0. The topological polar surface area (TPSA) is 95.8 Å². The van der Waals surface area contributed by atoms with E-state index < -0.39 is 5.60 Å². The maximum Gasteiger partial charge on any atom is 0.410 e. The molecule has 4 rings (SSSR count). The molecule has 1 aliphatic heterocycles. The van der Waals surface area contributed by atoms with Gasteiger partial charge in [-0.3, -0.25) is 9.20 Å². The molecule has 0 aromatic carbocycles. The molecule has 9 nitrogen and oxygen atoms in total. The van der Waals surface area contributed by atoms with Crippen molar-refractivity contribution in [3.05, 3.63) is 30.4 Å². The predicted molar refractivity (Wildman–Crippen MR) is 98.6 cm³/mol. The van der Waals surface area contributed by atoms with Crippen LogP contribution in [0.3, 0.4) is 0 Å². The molecule has 0 radical (unpaired) electrons. The number of amides is 2. The second-order valence-electron chi connectivity index (χ2n) is 7.57. The van der Waals surface area contributed by atoms with Gasteiger partial charge < -0.3 is 19.5 Å². The van der Waals surface area contributed by atoms with E-state index in [9.17, 15) is 9.59 Å². The van der Waals surface area contributed by atoms with Crippen molar-refractivity contribution >= 4 is 28.8 Å². The third-order valence-corrected chi connectivity index (χ3v) is 4.48. The largest absolute Gasteiger partial charge is 0.444 e. The van der Waals surface area contributed by atoms with E-state index in [1.165, 1.54) is 0 Å². The van der Waals surface area contributed by atoms with E-state index in [0.717, 1.165) is 5.52 Å². The smallest absolute Gasteiger partial charge is 0.410 e. The monoisotopic (exact) mass is 370 g/mol. The van der Waals surface area contributed by atoms with Gasteiger partial charge in [0.1, 0.15) is 11.3 Å². The Bertz CT molecular complexity index is 1010. The van der Waals surface area contributed by atoms with Crippen LogP contribution in [0.5, 0.6) is 0 Å². The van der Waals surface area contributed by atoms with Crippen molar-refractivity contribution in [1.82, 2.24) is 29.2 Å². The van der Waals surface area contributed by atoms with Gasteiger partial charge in [0, 0.05) is 32.4 Å². The second kappa shape index (κ2) is 6.26. The Morgan fingerprint density at radius 1 is 1.07 bits per heavy atom. The number of ether oxygens (including phenoxy) is 1. The predicted octanol–water partition coefficient (Wildman–Crippen LogP) is 1.90. The van der Waals surface area contributed by atoms with Crippen LogP contribution >= 0.6 is 0 Å². The van der Waals surface area contributed by atoms with E-state index in [2.05, 4.69) is 15.0 Å². The highest BCUT2D eigenvalue weighted by Gasteiger charge is 2.29. The normalized spacial score (nSPS) is 15.5. The summed E-state index contributed by atoms with van der Waals surface area (Å²) in [7, 11) is 0. The Morgan fingerprint density at radius 3 is 2.48 bits per heavy atom. The van der Waals surface area contributed by atoms with Gasteiger partial charge in [-0.25, -0.2) is 14.8 Å². The molecule has 1 aliphatic rings. The van der Waals surface area contributed by atoms with Crippen LogP contribution in [0.2, 0.25) is 0 Å². The molecule has 1 saturated heterocycles. The molecule has 0 spiro atoms. The number of hydrogen-bond acceptors (Lipinski definition) is 5. The molecule has 1 fully saturated rings. The summed E-state index contributed by atoms with van der Waals surface area (Å²) in [4.78, 5) is 40.2. The summed E-state index contributed by atoms with van der Waals surface area (Å²) in [5.41, 5.74) is 2.09. The minimum Gasteiger partial charge on any atom is -0.444 e. The molecule has 2 amide bonds. The van der Waals surface area contributed by atoms with E-state index in [-0.39, 0.29) is 12.0 Å². The average molecular weight is 370 g/mol. The minimum absolute atomic E-state index is 0.111. The summed E-state index contributed by atoms with van der Waals surface area (Å²) in [6.45, 7) is 7.31. The first-order valence-electron chi connectivity index (χ1n) is 8.90. The molecule has 3 aromatic rings. The highest BCUT2D eigenvalue weighted by Crippen LogP contribution is 2.18. The van der Waals surface area contributed by atoms with Gasteiger partial charge in [-0.2, -0.15) is 0 Å². The van der Waals surface area contributed by atoms with Gasteiger partial charge in [-0.05, 0) is 26.8 Å². The summed E-state index contributed by atoms with van der Waals surface area (Å²) in [5, 5.41) is 0. The number of carbonyl (C=O) groups excluding carboxylic acids is 2. The van der Waals surface area contributed by atoms with E-state index in [1.807, 2.05) is 26.8 Å². The second-order valence-corrected chi connectivity index (χ2v) is 7.57. The van der Waals surface area contributed by atoms with Crippen molar-refractivity contribution in [2.45, 2.75) is 26.4 Å². The minimum atomic E-state index is -0.531. The van der Waals surface area contributed by atoms with Gasteiger partial charge in [0.05, 0.1) is 17.9 Å². The fourth-order valence-corrected chi connectivity index (χ4v) is 3.20. The molecule has 0 bridgehead atoms. The number of aromatic amines is 1. The number of hydrogen-bond donors (Lipinski definition) is 1. The zero-order valence-electron chi connectivity index (χ0n) is 15.6. The first-order valence-corrected chi connectivity index (χ1v) is 8.90. The van der Waals surface area contributed by atoms with Gasteiger partial charge in [0.2, 0.25) is 0 Å². The van der Waals surface area contributed by atoms with Crippen molar-refractivity contribution in [3.63, 3.8) is 0 Å². The van der Waals surface area contributed by atoms with Gasteiger partial charge in [0.25, 0.3) is 5.91 Å². The fourth-order valence-electron chi connectivity index (χ4n) is 3.20. The van der Waals surface area contributed by atoms with Crippen molar-refractivity contribution in [2.75, 3.05) is 26.2 Å². The molecule has 0 unspecified atom stereocenters. The lowest BCUT2D eigenvalue weighted by atomic mass is 10.2. The number of H-pyrrole nitrogens is 1. The number of carbonyl (C=O) groups is 2. The molecule has 4 heterocycles. The summed E-state index contributed by atoms with van der Waals surface area (Å²) < 4.78 is 7.21. The Balaban J connectivity index is 1.51. The van der Waals surface area contributed by atoms with Crippen molar-refractivity contribution in [2.24, 2.45) is 0 Å². The van der Waals surface area contributed by atoms with E-state index in [1.54, 1.807) is 32.8 Å². The Hall–Kier alpha value is -3.10. The van der Waals surface area contributed by atoms with Gasteiger partial charge in [-0.1, -0.05) is 0 Å². The van der Waals surface area contributed by atoms with Gasteiger partial charge >= 0.3 is 6.09 Å². The highest BCUT2D eigenvalue weighted by atomic mass is 16.6. The lowest BCUT2D eigenvalue weighted by molar-refractivity contribution is 0.0140. The molecule has 0 aliphatic carbocycles. The van der Waals surface area contributed by atoms with E-state index in [0.29, 0.717) is 43.2 Å². The molecule has 0 saturated carbocycles. The quantitative estimate of drug-likeness (QED) is 0.706. The maximum absolute atomic E-state index is 13.0. The maximum atomic E-state index is 13.0. The molecule has 27 heavy (non-hydrogen) atoms. The summed E-state index contributed by atoms with van der Waals surface area (Å²) in [6.07, 6.45) is 4.65. The van der Waals surface area contributed by atoms with Crippen LogP contribution in [0.25, 0.3) is 16.8 Å². The summed E-state index contributed by atoms with van der Waals surface area (Å²) in [6, 6.07) is 1.87. The first-order chi connectivity index (χ1) is 12.8. The van der Waals surface area contributed by atoms with Gasteiger partial charge in [-0.15, -0.1) is 0 Å². The standard InChI is InChI=1S/C18H22N6O3/c1-18(2,3)27-17(26)23-8-6-22(7-9-23)16(25)13-10-20-14-11-21-15-12(24(13)14)4-5-19-15/h4-5,10-11,19H,6-9H2,1-3H3. The lowest BCUT2D eigenvalue weighted by Gasteiger charge is -2.35. The fraction of sp³-hybridized carbons (Fsp3) is 0.444. The lowest BCUT2D eigenvalue weighted by Crippen LogP contribution is -2.51. The average Bonchev–Trinajstić information content (AvgIpc) is 3.25. The van der Waals surface area contributed by atoms with Crippen molar-refractivity contribution in [1.29, 1.82) is 0 Å². The Morgan fingerprint density at radius 2 is 1.78 bits per heavy atom. The van der Waals surface area contributed by atoms with Crippen LogP contribution in [0, 0.1) is 0 Å². The zero-order valence-corrected chi connectivity index (χ0v) is 15.6.